The van der Waals surface area contributed by atoms with E-state index in [9.17, 15) is 19.2 Å². The summed E-state index contributed by atoms with van der Waals surface area (Å²) in [6.45, 7) is 19.6. The molecule has 2 aliphatic carbocycles. The van der Waals surface area contributed by atoms with Crippen LogP contribution in [-0.4, -0.2) is 23.1 Å². The van der Waals surface area contributed by atoms with Gasteiger partial charge in [0.05, 0.1) is 0 Å². The first-order valence-corrected chi connectivity index (χ1v) is 15.1. The Morgan fingerprint density at radius 3 is 1.14 bits per heavy atom. The van der Waals surface area contributed by atoms with Crippen molar-refractivity contribution < 1.29 is 19.2 Å². The Balaban J connectivity index is 1.96. The quantitative estimate of drug-likeness (QED) is 0.187. The minimum Gasteiger partial charge on any atom is -0.290 e. The van der Waals surface area contributed by atoms with Gasteiger partial charge in [-0.1, -0.05) is 135 Å². The van der Waals surface area contributed by atoms with Gasteiger partial charge in [-0.05, 0) is 63.5 Å². The molecule has 0 saturated heterocycles. The lowest BCUT2D eigenvalue weighted by Gasteiger charge is -2.31. The van der Waals surface area contributed by atoms with E-state index in [0.717, 1.165) is 33.4 Å². The molecule has 4 nitrogen and oxygen atoms in total. The fraction of sp³-hybridized carbons (Fsp3) is 0.350. The van der Waals surface area contributed by atoms with E-state index in [4.69, 9.17) is 0 Å². The molecule has 2 aliphatic rings. The fourth-order valence-electron chi connectivity index (χ4n) is 5.30. The topological polar surface area (TPSA) is 68.3 Å². The predicted molar refractivity (Wildman–Crippen MR) is 183 cm³/mol. The number of ketones is 4. The first-order chi connectivity index (χ1) is 20.5. The molecule has 0 unspecified atom stereocenters. The Hall–Kier alpha value is -4.18. The third kappa shape index (κ3) is 10.2. The molecule has 4 heteroatoms. The molecule has 0 aromatic carbocycles. The number of hydrogen-bond donors (Lipinski definition) is 0. The van der Waals surface area contributed by atoms with Crippen LogP contribution in [0.25, 0.3) is 0 Å². The van der Waals surface area contributed by atoms with E-state index in [1.165, 1.54) is 0 Å². The van der Waals surface area contributed by atoms with Gasteiger partial charge in [0.2, 0.25) is 23.1 Å². The van der Waals surface area contributed by atoms with E-state index in [1.807, 2.05) is 140 Å². The number of allylic oxidation sites excluding steroid dienone is 22. The van der Waals surface area contributed by atoms with E-state index in [-0.39, 0.29) is 46.8 Å². The molecule has 0 bridgehead atoms. The van der Waals surface area contributed by atoms with Crippen molar-refractivity contribution in [3.8, 4) is 0 Å². The van der Waals surface area contributed by atoms with Crippen molar-refractivity contribution in [1.29, 1.82) is 0 Å². The molecule has 0 aromatic heterocycles. The van der Waals surface area contributed by atoms with Crippen LogP contribution in [0.3, 0.4) is 0 Å². The van der Waals surface area contributed by atoms with Gasteiger partial charge in [0.1, 0.15) is 0 Å². The third-order valence-electron chi connectivity index (χ3n) is 7.95. The average Bonchev–Trinajstić information content (AvgIpc) is 2.92. The molecule has 0 radical (unpaired) electrons. The van der Waals surface area contributed by atoms with E-state index >= 15 is 0 Å². The predicted octanol–water partition coefficient (Wildman–Crippen LogP) is 9.32. The van der Waals surface area contributed by atoms with Crippen molar-refractivity contribution in [3.05, 3.63) is 130 Å². The molecule has 0 spiro atoms. The summed E-state index contributed by atoms with van der Waals surface area (Å²) in [6.07, 6.45) is 28.6. The molecule has 0 atom stereocenters. The minimum absolute atomic E-state index is 0.246. The summed E-state index contributed by atoms with van der Waals surface area (Å²) in [4.78, 5) is 48.1. The molecule has 0 saturated carbocycles. The molecule has 0 fully saturated rings. The lowest BCUT2D eigenvalue weighted by atomic mass is 9.71. The third-order valence-corrected chi connectivity index (χ3v) is 7.95. The van der Waals surface area contributed by atoms with Crippen LogP contribution < -0.4 is 0 Å². The van der Waals surface area contributed by atoms with Crippen LogP contribution in [0.1, 0.15) is 82.1 Å². The van der Waals surface area contributed by atoms with E-state index in [1.54, 1.807) is 13.8 Å². The van der Waals surface area contributed by atoms with Crippen molar-refractivity contribution in [2.45, 2.75) is 82.1 Å². The van der Waals surface area contributed by atoms with E-state index < -0.39 is 0 Å². The summed E-state index contributed by atoms with van der Waals surface area (Å²) in [5.74, 6) is -1.36. The second-order valence-electron chi connectivity index (χ2n) is 13.1. The highest BCUT2D eigenvalue weighted by Crippen LogP contribution is 2.39. The Bertz CT molecular complexity index is 1430. The molecule has 0 aliphatic heterocycles. The van der Waals surface area contributed by atoms with Gasteiger partial charge in [-0.3, -0.25) is 19.2 Å². The molecule has 44 heavy (non-hydrogen) atoms. The van der Waals surface area contributed by atoms with Crippen molar-refractivity contribution in [1.82, 2.24) is 0 Å². The molecule has 0 heterocycles. The van der Waals surface area contributed by atoms with Gasteiger partial charge in [-0.2, -0.15) is 0 Å². The van der Waals surface area contributed by atoms with E-state index in [0.29, 0.717) is 11.1 Å². The van der Waals surface area contributed by atoms with Crippen LogP contribution in [0, 0.1) is 10.8 Å². The van der Waals surface area contributed by atoms with Crippen LogP contribution in [0.4, 0.5) is 0 Å². The Morgan fingerprint density at radius 2 is 0.795 bits per heavy atom. The van der Waals surface area contributed by atoms with Gasteiger partial charge >= 0.3 is 0 Å². The van der Waals surface area contributed by atoms with Gasteiger partial charge in [0.15, 0.2) is 0 Å². The summed E-state index contributed by atoms with van der Waals surface area (Å²) in [5, 5.41) is 0. The zero-order chi connectivity index (χ0) is 33.2. The number of carbonyl (C=O) groups is 4. The van der Waals surface area contributed by atoms with Crippen molar-refractivity contribution in [3.63, 3.8) is 0 Å². The lowest BCUT2D eigenvalue weighted by molar-refractivity contribution is -0.136. The second-order valence-corrected chi connectivity index (χ2v) is 13.1. The first kappa shape index (κ1) is 36.0. The zero-order valence-electron chi connectivity index (χ0n) is 28.1. The Morgan fingerprint density at radius 1 is 0.500 bits per heavy atom. The monoisotopic (exact) mass is 592 g/mol. The smallest absolute Gasteiger partial charge is 0.224 e. The maximum absolute atomic E-state index is 12.1. The summed E-state index contributed by atoms with van der Waals surface area (Å²) in [5.41, 5.74) is 6.55. The normalized spacial score (nSPS) is 21.2. The van der Waals surface area contributed by atoms with Crippen LogP contribution in [0.2, 0.25) is 0 Å². The van der Waals surface area contributed by atoms with Gasteiger partial charge in [-0.15, -0.1) is 0 Å². The lowest BCUT2D eigenvalue weighted by Crippen LogP contribution is -2.32. The molecule has 0 amide bonds. The molecule has 232 valence electrons. The SMILES string of the molecule is CC1=C(/C=C/C(C)=C\C=C\C(C)=C/C=C/C=C(C)\C=C\C=C(C)/C=C/C2=C(C)C(=O)C(=O)CC2(C)C)C(C)(C)CC(=O)C1=O. The fourth-order valence-corrected chi connectivity index (χ4v) is 5.30. The zero-order valence-corrected chi connectivity index (χ0v) is 28.1. The first-order valence-electron chi connectivity index (χ1n) is 15.1. The Labute approximate surface area is 264 Å². The minimum atomic E-state index is -0.371. The maximum Gasteiger partial charge on any atom is 0.224 e. The van der Waals surface area contributed by atoms with Gasteiger partial charge in [0.25, 0.3) is 0 Å². The summed E-state index contributed by atoms with van der Waals surface area (Å²) in [7, 11) is 0. The Kier molecular flexibility index (Phi) is 12.7. The molecule has 0 N–H and O–H groups in total. The molecule has 2 rings (SSSR count). The standard InChI is InChI=1S/C40H48O4/c1-27(17-13-19-29(3)21-23-33-31(5)37(43)35(41)25-39(33,7)8)15-11-12-16-28(2)18-14-20-30(4)22-24-34-32(6)38(44)36(42)26-40(34,9)10/h11-24H,25-26H2,1-10H3/b12-11+,17-13+,18-14+,23-21+,24-22+,27-15-,28-16-,29-19-,30-20-. The van der Waals surface area contributed by atoms with Crippen molar-refractivity contribution in [2.24, 2.45) is 10.8 Å². The average molecular weight is 593 g/mol. The molecular weight excluding hydrogens is 544 g/mol. The summed E-state index contributed by atoms with van der Waals surface area (Å²) < 4.78 is 0. The highest BCUT2D eigenvalue weighted by molar-refractivity contribution is 6.45. The second kappa shape index (κ2) is 15.5. The number of rotatable bonds is 10. The number of Topliss-reactive ketones (excluding diaryl/α,β-unsaturated/α-hetero) is 4. The van der Waals surface area contributed by atoms with Crippen LogP contribution >= 0.6 is 0 Å². The summed E-state index contributed by atoms with van der Waals surface area (Å²) >= 11 is 0. The molecule has 0 aromatic rings. The van der Waals surface area contributed by atoms with Crippen molar-refractivity contribution >= 4 is 23.1 Å². The van der Waals surface area contributed by atoms with Gasteiger partial charge in [-0.25, -0.2) is 0 Å². The van der Waals surface area contributed by atoms with Crippen LogP contribution in [-0.2, 0) is 19.2 Å². The van der Waals surface area contributed by atoms with Crippen LogP contribution in [0.5, 0.6) is 0 Å². The highest BCUT2D eigenvalue weighted by atomic mass is 16.2. The molecular formula is C40H48O4. The van der Waals surface area contributed by atoms with Crippen LogP contribution in [0.15, 0.2) is 130 Å². The highest BCUT2D eigenvalue weighted by Gasteiger charge is 2.37. The number of hydrogen-bond acceptors (Lipinski definition) is 4. The largest absolute Gasteiger partial charge is 0.290 e. The van der Waals surface area contributed by atoms with Gasteiger partial charge in [0, 0.05) is 24.0 Å². The van der Waals surface area contributed by atoms with Crippen molar-refractivity contribution in [2.75, 3.05) is 0 Å². The summed E-state index contributed by atoms with van der Waals surface area (Å²) in [6, 6.07) is 0. The van der Waals surface area contributed by atoms with Gasteiger partial charge < -0.3 is 0 Å². The number of carbonyl (C=O) groups excluding carboxylic acids is 4. The van der Waals surface area contributed by atoms with E-state index in [2.05, 4.69) is 0 Å². The maximum atomic E-state index is 12.1.